The quantitative estimate of drug-likeness (QED) is 0.736. The highest BCUT2D eigenvalue weighted by atomic mass is 16.2. The van der Waals surface area contributed by atoms with E-state index in [2.05, 4.69) is 15.6 Å². The average molecular weight is 252 g/mol. The molecule has 0 saturated heterocycles. The summed E-state index contributed by atoms with van der Waals surface area (Å²) in [5, 5.41) is 5.52. The lowest BCUT2D eigenvalue weighted by Gasteiger charge is -2.06. The third-order valence-corrected chi connectivity index (χ3v) is 2.69. The van der Waals surface area contributed by atoms with Crippen molar-refractivity contribution in [2.75, 3.05) is 10.6 Å². The van der Waals surface area contributed by atoms with E-state index >= 15 is 0 Å². The molecule has 1 aromatic carbocycles. The summed E-state index contributed by atoms with van der Waals surface area (Å²) < 4.78 is 1.81. The number of carbonyl (C=O) groups excluding carboxylic acids is 1. The van der Waals surface area contributed by atoms with Crippen LogP contribution in [-0.4, -0.2) is 15.4 Å². The molecule has 2 N–H and O–H groups in total. The van der Waals surface area contributed by atoms with Crippen LogP contribution in [0.2, 0.25) is 0 Å². The van der Waals surface area contributed by atoms with Crippen LogP contribution in [0.3, 0.4) is 0 Å². The van der Waals surface area contributed by atoms with Gasteiger partial charge in [0.2, 0.25) is 0 Å². The number of nitrogens with zero attached hydrogens (tertiary/aromatic N) is 2. The van der Waals surface area contributed by atoms with Crippen molar-refractivity contribution in [2.45, 2.75) is 0 Å². The number of anilines is 2. The van der Waals surface area contributed by atoms with Crippen molar-refractivity contribution in [3.8, 4) is 0 Å². The summed E-state index contributed by atoms with van der Waals surface area (Å²) in [6.45, 7) is 0. The Morgan fingerprint density at radius 2 is 1.79 bits per heavy atom. The lowest BCUT2D eigenvalue weighted by atomic mass is 10.3. The normalized spacial score (nSPS) is 10.3. The van der Waals surface area contributed by atoms with E-state index in [9.17, 15) is 4.79 Å². The van der Waals surface area contributed by atoms with Gasteiger partial charge in [-0.3, -0.25) is 9.72 Å². The third kappa shape index (κ3) is 2.40. The van der Waals surface area contributed by atoms with Gasteiger partial charge in [-0.2, -0.15) is 0 Å². The number of amides is 2. The van der Waals surface area contributed by atoms with Gasteiger partial charge in [-0.15, -0.1) is 0 Å². The summed E-state index contributed by atoms with van der Waals surface area (Å²) in [6.07, 6.45) is 3.47. The summed E-state index contributed by atoms with van der Waals surface area (Å²) in [7, 11) is 0. The predicted molar refractivity (Wildman–Crippen MR) is 74.3 cm³/mol. The maximum Gasteiger partial charge on any atom is 0.324 e. The molecule has 0 aliphatic heterocycles. The van der Waals surface area contributed by atoms with Gasteiger partial charge in [-0.25, -0.2) is 9.78 Å². The van der Waals surface area contributed by atoms with Crippen LogP contribution in [0.1, 0.15) is 0 Å². The fourth-order valence-corrected chi connectivity index (χ4v) is 1.83. The lowest BCUT2D eigenvalue weighted by molar-refractivity contribution is 0.262. The first-order valence-electron chi connectivity index (χ1n) is 5.88. The fraction of sp³-hybridized carbons (Fsp3) is 0. The van der Waals surface area contributed by atoms with Gasteiger partial charge in [0.25, 0.3) is 0 Å². The van der Waals surface area contributed by atoms with E-state index in [0.717, 1.165) is 11.3 Å². The second-order valence-corrected chi connectivity index (χ2v) is 4.02. The monoisotopic (exact) mass is 252 g/mol. The zero-order valence-electron chi connectivity index (χ0n) is 10.1. The number of fused-ring (bicyclic) bond motifs is 1. The molecule has 2 heterocycles. The second kappa shape index (κ2) is 4.81. The molecule has 0 bridgehead atoms. The molecule has 0 radical (unpaired) electrons. The van der Waals surface area contributed by atoms with Crippen molar-refractivity contribution in [1.29, 1.82) is 0 Å². The highest BCUT2D eigenvalue weighted by Gasteiger charge is 2.06. The van der Waals surface area contributed by atoms with Crippen LogP contribution in [0.25, 0.3) is 5.65 Å². The van der Waals surface area contributed by atoms with E-state index in [0.29, 0.717) is 5.82 Å². The van der Waals surface area contributed by atoms with Crippen LogP contribution in [0.4, 0.5) is 16.3 Å². The Morgan fingerprint density at radius 3 is 2.63 bits per heavy atom. The van der Waals surface area contributed by atoms with Crippen molar-refractivity contribution >= 4 is 23.2 Å². The predicted octanol–water partition coefficient (Wildman–Crippen LogP) is 2.98. The molecule has 3 aromatic rings. The number of rotatable bonds is 2. The minimum Gasteiger partial charge on any atom is -0.308 e. The Balaban J connectivity index is 1.76. The molecule has 0 saturated carbocycles. The van der Waals surface area contributed by atoms with Crippen LogP contribution in [0.15, 0.2) is 60.9 Å². The van der Waals surface area contributed by atoms with Gasteiger partial charge < -0.3 is 5.32 Å². The summed E-state index contributed by atoms with van der Waals surface area (Å²) >= 11 is 0. The number of imidazole rings is 1. The zero-order valence-corrected chi connectivity index (χ0v) is 10.1. The maximum atomic E-state index is 11.9. The number of hydrogen-bond acceptors (Lipinski definition) is 2. The summed E-state index contributed by atoms with van der Waals surface area (Å²) in [5.41, 5.74) is 1.53. The van der Waals surface area contributed by atoms with Gasteiger partial charge >= 0.3 is 6.03 Å². The molecule has 0 spiro atoms. The van der Waals surface area contributed by atoms with Gasteiger partial charge in [0, 0.05) is 11.9 Å². The summed E-state index contributed by atoms with van der Waals surface area (Å²) in [4.78, 5) is 16.1. The Bertz CT molecular complexity index is 706. The van der Waals surface area contributed by atoms with Crippen molar-refractivity contribution in [3.05, 3.63) is 60.9 Å². The SMILES string of the molecule is O=C(Nc1ccccc1)Nc1cnc2ccccn12. The van der Waals surface area contributed by atoms with Crippen molar-refractivity contribution in [3.63, 3.8) is 0 Å². The molecule has 2 amide bonds. The van der Waals surface area contributed by atoms with Crippen LogP contribution >= 0.6 is 0 Å². The number of para-hydroxylation sites is 1. The van der Waals surface area contributed by atoms with Crippen LogP contribution in [-0.2, 0) is 0 Å². The van der Waals surface area contributed by atoms with Gasteiger partial charge in [0.05, 0.1) is 6.20 Å². The number of pyridine rings is 1. The largest absolute Gasteiger partial charge is 0.324 e. The lowest BCUT2D eigenvalue weighted by Crippen LogP contribution is -2.20. The minimum atomic E-state index is -0.295. The van der Waals surface area contributed by atoms with Crippen molar-refractivity contribution < 1.29 is 4.79 Å². The third-order valence-electron chi connectivity index (χ3n) is 2.69. The second-order valence-electron chi connectivity index (χ2n) is 4.02. The molecule has 2 aromatic heterocycles. The zero-order chi connectivity index (χ0) is 13.1. The molecule has 0 aliphatic rings. The van der Waals surface area contributed by atoms with Crippen LogP contribution in [0.5, 0.6) is 0 Å². The number of urea groups is 1. The Morgan fingerprint density at radius 1 is 1.00 bits per heavy atom. The molecule has 3 rings (SSSR count). The highest BCUT2D eigenvalue weighted by molar-refractivity contribution is 5.99. The van der Waals surface area contributed by atoms with Gasteiger partial charge in [0.15, 0.2) is 0 Å². The van der Waals surface area contributed by atoms with E-state index in [4.69, 9.17) is 0 Å². The number of carbonyl (C=O) groups is 1. The molecule has 0 unspecified atom stereocenters. The fourth-order valence-electron chi connectivity index (χ4n) is 1.83. The van der Waals surface area contributed by atoms with Crippen molar-refractivity contribution in [2.24, 2.45) is 0 Å². The Kier molecular flexibility index (Phi) is 2.86. The van der Waals surface area contributed by atoms with Gasteiger partial charge in [-0.1, -0.05) is 24.3 Å². The van der Waals surface area contributed by atoms with Gasteiger partial charge in [-0.05, 0) is 24.3 Å². The first kappa shape index (κ1) is 11.3. The summed E-state index contributed by atoms with van der Waals surface area (Å²) in [5.74, 6) is 0.629. The van der Waals surface area contributed by atoms with Crippen LogP contribution in [0, 0.1) is 0 Å². The number of hydrogen-bond donors (Lipinski definition) is 2. The average Bonchev–Trinajstić information content (AvgIpc) is 2.83. The molecule has 0 fully saturated rings. The van der Waals surface area contributed by atoms with E-state index in [1.165, 1.54) is 0 Å². The molecule has 94 valence electrons. The van der Waals surface area contributed by atoms with Crippen molar-refractivity contribution in [1.82, 2.24) is 9.38 Å². The molecule has 5 heteroatoms. The number of aromatic nitrogens is 2. The summed E-state index contributed by atoms with van der Waals surface area (Å²) in [6, 6.07) is 14.6. The number of nitrogens with one attached hydrogen (secondary N) is 2. The first-order valence-corrected chi connectivity index (χ1v) is 5.88. The first-order chi connectivity index (χ1) is 9.33. The minimum absolute atomic E-state index is 0.295. The molecule has 5 nitrogen and oxygen atoms in total. The molecule has 0 aliphatic carbocycles. The molecular formula is C14H12N4O. The van der Waals surface area contributed by atoms with Crippen LogP contribution < -0.4 is 10.6 Å². The Hall–Kier alpha value is -2.82. The molecule has 0 atom stereocenters. The molecule has 19 heavy (non-hydrogen) atoms. The topological polar surface area (TPSA) is 58.4 Å². The smallest absolute Gasteiger partial charge is 0.308 e. The molecular weight excluding hydrogens is 240 g/mol. The Labute approximate surface area is 109 Å². The maximum absolute atomic E-state index is 11.9. The van der Waals surface area contributed by atoms with Gasteiger partial charge in [0.1, 0.15) is 11.5 Å². The standard InChI is InChI=1S/C14H12N4O/c19-14(16-11-6-2-1-3-7-11)17-13-10-15-12-8-4-5-9-18(12)13/h1-10H,(H2,16,17,19). The van der Waals surface area contributed by atoms with E-state index in [-0.39, 0.29) is 6.03 Å². The van der Waals surface area contributed by atoms with E-state index < -0.39 is 0 Å². The highest BCUT2D eigenvalue weighted by Crippen LogP contribution is 2.12. The van der Waals surface area contributed by atoms with E-state index in [1.54, 1.807) is 6.20 Å². The number of benzene rings is 1. The van der Waals surface area contributed by atoms with E-state index in [1.807, 2.05) is 59.1 Å².